The minimum absolute atomic E-state index is 0.180. The number of nitrogens with zero attached hydrogens (tertiary/aromatic N) is 4. The highest BCUT2D eigenvalue weighted by Gasteiger charge is 2.56. The van der Waals surface area contributed by atoms with Crippen LogP contribution >= 0.6 is 0 Å². The normalized spacial score (nSPS) is 29.9. The predicted octanol–water partition coefficient (Wildman–Crippen LogP) is 2.68. The van der Waals surface area contributed by atoms with E-state index in [1.54, 1.807) is 9.42 Å². The zero-order valence-corrected chi connectivity index (χ0v) is 16.7. The van der Waals surface area contributed by atoms with Crippen LogP contribution in [0.3, 0.4) is 0 Å². The molecule has 10 heteroatoms. The summed E-state index contributed by atoms with van der Waals surface area (Å²) in [5.41, 5.74) is 7.12. The van der Waals surface area contributed by atoms with Crippen molar-refractivity contribution in [2.45, 2.75) is 68.5 Å². The SMILES string of the molecule is Nc1ncnn2c([C@H]3CC[C@@H](CN4C(C(F)(F)F)CCC45CCNCC5)O3)ccc12. The van der Waals surface area contributed by atoms with E-state index in [0.717, 1.165) is 44.5 Å². The number of piperidine rings is 1. The first-order valence-electron chi connectivity index (χ1n) is 10.7. The number of ether oxygens (including phenoxy) is 1. The summed E-state index contributed by atoms with van der Waals surface area (Å²) in [6, 6.07) is 2.39. The van der Waals surface area contributed by atoms with Gasteiger partial charge in [0.15, 0.2) is 5.82 Å². The number of aromatic nitrogens is 3. The molecule has 0 amide bonds. The lowest BCUT2D eigenvalue weighted by atomic mass is 9.85. The number of alkyl halides is 3. The second-order valence-corrected chi connectivity index (χ2v) is 8.75. The smallest absolute Gasteiger partial charge is 0.382 e. The highest BCUT2D eigenvalue weighted by molar-refractivity contribution is 5.65. The Balaban J connectivity index is 1.35. The van der Waals surface area contributed by atoms with Crippen LogP contribution in [-0.2, 0) is 4.74 Å². The predicted molar refractivity (Wildman–Crippen MR) is 105 cm³/mol. The summed E-state index contributed by atoms with van der Waals surface area (Å²) < 4.78 is 49.4. The molecule has 5 rings (SSSR count). The molecule has 1 unspecified atom stereocenters. The molecule has 3 aliphatic rings. The molecule has 3 fully saturated rings. The van der Waals surface area contributed by atoms with E-state index in [1.165, 1.54) is 6.33 Å². The molecule has 1 spiro atoms. The fourth-order valence-corrected chi connectivity index (χ4v) is 5.62. The number of nitrogens with one attached hydrogen (secondary N) is 1. The first-order valence-corrected chi connectivity index (χ1v) is 10.7. The van der Waals surface area contributed by atoms with Gasteiger partial charge in [0, 0.05) is 12.1 Å². The highest BCUT2D eigenvalue weighted by Crippen LogP contribution is 2.47. The van der Waals surface area contributed by atoms with Crippen LogP contribution in [0.15, 0.2) is 18.5 Å². The first kappa shape index (κ1) is 20.0. The number of anilines is 1. The minimum Gasteiger partial charge on any atom is -0.382 e. The number of likely N-dealkylation sites (tertiary alicyclic amines) is 1. The van der Waals surface area contributed by atoms with Crippen LogP contribution < -0.4 is 11.1 Å². The molecular formula is C20H27F3N6O. The molecule has 7 nitrogen and oxygen atoms in total. The van der Waals surface area contributed by atoms with Crippen molar-refractivity contribution in [2.24, 2.45) is 0 Å². The summed E-state index contributed by atoms with van der Waals surface area (Å²) in [6.07, 6.45) is 0.541. The molecule has 2 aromatic rings. The largest absolute Gasteiger partial charge is 0.404 e. The fraction of sp³-hybridized carbons (Fsp3) is 0.700. The summed E-state index contributed by atoms with van der Waals surface area (Å²) in [5.74, 6) is 0.392. The van der Waals surface area contributed by atoms with Crippen molar-refractivity contribution >= 4 is 11.3 Å². The summed E-state index contributed by atoms with van der Waals surface area (Å²) >= 11 is 0. The molecular weight excluding hydrogens is 397 g/mol. The van der Waals surface area contributed by atoms with Crippen LogP contribution in [0.2, 0.25) is 0 Å². The van der Waals surface area contributed by atoms with E-state index in [9.17, 15) is 13.2 Å². The van der Waals surface area contributed by atoms with Gasteiger partial charge in [-0.3, -0.25) is 4.90 Å². The maximum absolute atomic E-state index is 13.8. The number of fused-ring (bicyclic) bond motifs is 1. The molecule has 164 valence electrons. The number of hydrogen-bond donors (Lipinski definition) is 2. The molecule has 0 bridgehead atoms. The molecule has 0 aliphatic carbocycles. The van der Waals surface area contributed by atoms with Crippen molar-refractivity contribution in [3.63, 3.8) is 0 Å². The molecule has 5 heterocycles. The number of nitrogens with two attached hydrogens (primary N) is 1. The van der Waals surface area contributed by atoms with Gasteiger partial charge < -0.3 is 15.8 Å². The van der Waals surface area contributed by atoms with Crippen molar-refractivity contribution in [2.75, 3.05) is 25.4 Å². The third-order valence-corrected chi connectivity index (χ3v) is 7.13. The standard InChI is InChI=1S/C20H27F3N6O/c21-20(22,23)17-5-6-19(7-9-25-10-8-19)28(17)11-13-1-4-16(30-13)14-2-3-15-18(24)26-12-27-29(14)15/h2-3,12-13,16-17,25H,1,4-11H2,(H2,24,26,27)/t13-,16+,17?/m0/s1. The Kier molecular flexibility index (Phi) is 4.90. The van der Waals surface area contributed by atoms with Gasteiger partial charge in [0.1, 0.15) is 24.0 Å². The lowest BCUT2D eigenvalue weighted by molar-refractivity contribution is -0.190. The Morgan fingerprint density at radius 2 is 1.97 bits per heavy atom. The maximum Gasteiger partial charge on any atom is 0.404 e. The van der Waals surface area contributed by atoms with Crippen LogP contribution in [-0.4, -0.2) is 63.0 Å². The Hall–Kier alpha value is -1.91. The second-order valence-electron chi connectivity index (χ2n) is 8.75. The Morgan fingerprint density at radius 1 is 1.17 bits per heavy atom. The van der Waals surface area contributed by atoms with Gasteiger partial charge in [0.05, 0.1) is 11.8 Å². The third-order valence-electron chi connectivity index (χ3n) is 7.13. The minimum atomic E-state index is -4.21. The van der Waals surface area contributed by atoms with E-state index in [1.807, 2.05) is 12.1 Å². The van der Waals surface area contributed by atoms with E-state index >= 15 is 0 Å². The summed E-state index contributed by atoms with van der Waals surface area (Å²) in [4.78, 5) is 5.73. The number of rotatable bonds is 3. The molecule has 3 aliphatic heterocycles. The molecule has 0 saturated carbocycles. The van der Waals surface area contributed by atoms with Gasteiger partial charge in [-0.2, -0.15) is 18.3 Å². The molecule has 0 radical (unpaired) electrons. The molecule has 0 aromatic carbocycles. The van der Waals surface area contributed by atoms with Crippen molar-refractivity contribution in [3.8, 4) is 0 Å². The van der Waals surface area contributed by atoms with Crippen LogP contribution in [0.25, 0.3) is 5.52 Å². The van der Waals surface area contributed by atoms with Crippen LogP contribution in [0.1, 0.15) is 50.3 Å². The van der Waals surface area contributed by atoms with Crippen molar-refractivity contribution in [1.29, 1.82) is 0 Å². The van der Waals surface area contributed by atoms with E-state index in [0.29, 0.717) is 24.3 Å². The summed E-state index contributed by atoms with van der Waals surface area (Å²) in [7, 11) is 0. The second kappa shape index (κ2) is 7.35. The Morgan fingerprint density at radius 3 is 2.73 bits per heavy atom. The zero-order valence-electron chi connectivity index (χ0n) is 16.7. The van der Waals surface area contributed by atoms with Gasteiger partial charge in [0.25, 0.3) is 0 Å². The van der Waals surface area contributed by atoms with Gasteiger partial charge in [-0.1, -0.05) is 0 Å². The van der Waals surface area contributed by atoms with E-state index in [4.69, 9.17) is 10.5 Å². The maximum atomic E-state index is 13.8. The van der Waals surface area contributed by atoms with E-state index in [-0.39, 0.29) is 24.2 Å². The molecule has 3 saturated heterocycles. The van der Waals surface area contributed by atoms with Gasteiger partial charge in [-0.15, -0.1) is 0 Å². The lowest BCUT2D eigenvalue weighted by Crippen LogP contribution is -2.57. The van der Waals surface area contributed by atoms with Gasteiger partial charge in [0.2, 0.25) is 0 Å². The van der Waals surface area contributed by atoms with Crippen LogP contribution in [0, 0.1) is 0 Å². The van der Waals surface area contributed by atoms with E-state index < -0.39 is 12.2 Å². The third kappa shape index (κ3) is 3.34. The Bertz CT molecular complexity index is 910. The van der Waals surface area contributed by atoms with Crippen molar-refractivity contribution in [3.05, 3.63) is 24.2 Å². The topological polar surface area (TPSA) is 80.7 Å². The Labute approximate surface area is 172 Å². The first-order chi connectivity index (χ1) is 14.4. The van der Waals surface area contributed by atoms with Gasteiger partial charge in [-0.05, 0) is 63.7 Å². The molecule has 2 aromatic heterocycles. The summed E-state index contributed by atoms with van der Waals surface area (Å²) in [6.45, 7) is 1.86. The number of halogens is 3. The summed E-state index contributed by atoms with van der Waals surface area (Å²) in [5, 5.41) is 7.55. The van der Waals surface area contributed by atoms with Crippen molar-refractivity contribution in [1.82, 2.24) is 24.8 Å². The van der Waals surface area contributed by atoms with Crippen molar-refractivity contribution < 1.29 is 17.9 Å². The van der Waals surface area contributed by atoms with Gasteiger partial charge in [-0.25, -0.2) is 9.50 Å². The zero-order chi connectivity index (χ0) is 20.9. The van der Waals surface area contributed by atoms with Crippen LogP contribution in [0.5, 0.6) is 0 Å². The number of hydrogen-bond acceptors (Lipinski definition) is 6. The quantitative estimate of drug-likeness (QED) is 0.789. The van der Waals surface area contributed by atoms with Gasteiger partial charge >= 0.3 is 6.18 Å². The molecule has 3 atom stereocenters. The average molecular weight is 424 g/mol. The lowest BCUT2D eigenvalue weighted by Gasteiger charge is -2.45. The molecule has 3 N–H and O–H groups in total. The van der Waals surface area contributed by atoms with Crippen LogP contribution in [0.4, 0.5) is 19.0 Å². The fourth-order valence-electron chi connectivity index (χ4n) is 5.62. The highest BCUT2D eigenvalue weighted by atomic mass is 19.4. The molecule has 30 heavy (non-hydrogen) atoms. The monoisotopic (exact) mass is 424 g/mol. The average Bonchev–Trinajstić information content (AvgIpc) is 3.41. The van der Waals surface area contributed by atoms with E-state index in [2.05, 4.69) is 15.4 Å². The number of nitrogen functional groups attached to an aromatic ring is 1.